The molecule has 1 atom stereocenters. The van der Waals surface area contributed by atoms with Crippen molar-refractivity contribution in [1.82, 2.24) is 10.2 Å². The van der Waals surface area contributed by atoms with Crippen LogP contribution in [0.15, 0.2) is 54.6 Å². The van der Waals surface area contributed by atoms with E-state index in [9.17, 15) is 14.4 Å². The molecule has 3 rings (SSSR count). The van der Waals surface area contributed by atoms with Crippen LogP contribution >= 0.6 is 0 Å². The first-order chi connectivity index (χ1) is 14.0. The van der Waals surface area contributed by atoms with Gasteiger partial charge in [0.2, 0.25) is 5.91 Å². The summed E-state index contributed by atoms with van der Waals surface area (Å²) in [6.45, 7) is 0.804. The fourth-order valence-corrected chi connectivity index (χ4v) is 3.25. The van der Waals surface area contributed by atoms with E-state index < -0.39 is 6.09 Å². The van der Waals surface area contributed by atoms with Crippen molar-refractivity contribution in [3.05, 3.63) is 60.2 Å². The van der Waals surface area contributed by atoms with Crippen molar-refractivity contribution in [3.8, 4) is 0 Å². The standard InChI is InChI=1S/C21H24N4O4/c1-24(21(28)29-2)17-10-8-16(9-11-17)23-20(27)25-13-12-22-19(26)14-18(25)15-6-4-3-5-7-15/h3-11,18H,12-14H2,1-2H3,(H,22,26)(H,23,27)/t18-/m0/s1. The van der Waals surface area contributed by atoms with E-state index in [1.165, 1.54) is 12.0 Å². The van der Waals surface area contributed by atoms with Crippen LogP contribution in [0, 0.1) is 0 Å². The molecule has 4 amide bonds. The maximum absolute atomic E-state index is 13.0. The highest BCUT2D eigenvalue weighted by atomic mass is 16.5. The van der Waals surface area contributed by atoms with Crippen LogP contribution in [-0.4, -0.2) is 50.2 Å². The largest absolute Gasteiger partial charge is 0.452 e. The van der Waals surface area contributed by atoms with Gasteiger partial charge in [0, 0.05) is 31.5 Å². The topological polar surface area (TPSA) is 91.0 Å². The monoisotopic (exact) mass is 396 g/mol. The Hall–Kier alpha value is -3.55. The van der Waals surface area contributed by atoms with Gasteiger partial charge in [-0.2, -0.15) is 0 Å². The van der Waals surface area contributed by atoms with Crippen LogP contribution in [0.1, 0.15) is 18.0 Å². The number of methoxy groups -OCH3 is 1. The molecule has 1 aliphatic rings. The van der Waals surface area contributed by atoms with E-state index in [1.54, 1.807) is 36.2 Å². The highest BCUT2D eigenvalue weighted by Gasteiger charge is 2.29. The average Bonchev–Trinajstić information content (AvgIpc) is 2.95. The van der Waals surface area contributed by atoms with E-state index in [4.69, 9.17) is 4.74 Å². The van der Waals surface area contributed by atoms with Gasteiger partial charge >= 0.3 is 12.1 Å². The first-order valence-corrected chi connectivity index (χ1v) is 9.30. The number of carbonyl (C=O) groups excluding carboxylic acids is 3. The van der Waals surface area contributed by atoms with E-state index in [2.05, 4.69) is 10.6 Å². The van der Waals surface area contributed by atoms with E-state index in [1.807, 2.05) is 30.3 Å². The number of ether oxygens (including phenoxy) is 1. The summed E-state index contributed by atoms with van der Waals surface area (Å²) in [7, 11) is 2.92. The number of nitrogens with zero attached hydrogens (tertiary/aromatic N) is 2. The second-order valence-corrected chi connectivity index (χ2v) is 6.68. The zero-order chi connectivity index (χ0) is 20.8. The van der Waals surface area contributed by atoms with Gasteiger partial charge in [-0.15, -0.1) is 0 Å². The summed E-state index contributed by atoms with van der Waals surface area (Å²) in [5, 5.41) is 5.70. The summed E-state index contributed by atoms with van der Waals surface area (Å²) >= 11 is 0. The number of rotatable bonds is 3. The minimum atomic E-state index is -0.478. The summed E-state index contributed by atoms with van der Waals surface area (Å²) in [6.07, 6.45) is -0.269. The fourth-order valence-electron chi connectivity index (χ4n) is 3.25. The third-order valence-electron chi connectivity index (χ3n) is 4.83. The zero-order valence-electron chi connectivity index (χ0n) is 16.4. The predicted octanol–water partition coefficient (Wildman–Crippen LogP) is 2.98. The van der Waals surface area contributed by atoms with Crippen molar-refractivity contribution in [3.63, 3.8) is 0 Å². The number of urea groups is 1. The highest BCUT2D eigenvalue weighted by molar-refractivity contribution is 5.91. The lowest BCUT2D eigenvalue weighted by atomic mass is 10.0. The molecule has 1 heterocycles. The predicted molar refractivity (Wildman–Crippen MR) is 110 cm³/mol. The summed E-state index contributed by atoms with van der Waals surface area (Å²) in [5.41, 5.74) is 2.14. The first kappa shape index (κ1) is 20.2. The molecule has 2 aromatic carbocycles. The average molecular weight is 396 g/mol. The number of anilines is 2. The maximum atomic E-state index is 13.0. The summed E-state index contributed by atoms with van der Waals surface area (Å²) in [4.78, 5) is 39.7. The molecule has 0 radical (unpaired) electrons. The molecule has 0 bridgehead atoms. The second-order valence-electron chi connectivity index (χ2n) is 6.68. The molecule has 0 aliphatic carbocycles. The number of carbonyl (C=O) groups is 3. The Morgan fingerprint density at radius 2 is 1.83 bits per heavy atom. The maximum Gasteiger partial charge on any atom is 0.413 e. The molecule has 29 heavy (non-hydrogen) atoms. The van der Waals surface area contributed by atoms with E-state index >= 15 is 0 Å². The first-order valence-electron chi connectivity index (χ1n) is 9.30. The van der Waals surface area contributed by atoms with Gasteiger partial charge in [0.05, 0.1) is 19.6 Å². The molecule has 0 unspecified atom stereocenters. The van der Waals surface area contributed by atoms with E-state index in [0.29, 0.717) is 24.5 Å². The van der Waals surface area contributed by atoms with E-state index in [0.717, 1.165) is 5.56 Å². The minimum Gasteiger partial charge on any atom is -0.452 e. The molecule has 8 heteroatoms. The van der Waals surface area contributed by atoms with Crippen LogP contribution in [0.4, 0.5) is 21.0 Å². The van der Waals surface area contributed by atoms with Gasteiger partial charge in [-0.1, -0.05) is 30.3 Å². The number of benzene rings is 2. The second kappa shape index (κ2) is 9.09. The quantitative estimate of drug-likeness (QED) is 0.834. The Balaban J connectivity index is 1.75. The van der Waals surface area contributed by atoms with Gasteiger partial charge in [0.25, 0.3) is 0 Å². The summed E-state index contributed by atoms with van der Waals surface area (Å²) < 4.78 is 4.69. The molecule has 152 valence electrons. The molecular formula is C21H24N4O4. The van der Waals surface area contributed by atoms with Crippen molar-refractivity contribution in [2.24, 2.45) is 0 Å². The van der Waals surface area contributed by atoms with Crippen LogP contribution in [0.2, 0.25) is 0 Å². The van der Waals surface area contributed by atoms with Crippen molar-refractivity contribution in [2.45, 2.75) is 12.5 Å². The Bertz CT molecular complexity index is 870. The Morgan fingerprint density at radius 1 is 1.14 bits per heavy atom. The number of hydrogen-bond donors (Lipinski definition) is 2. The number of amides is 4. The van der Waals surface area contributed by atoms with Crippen molar-refractivity contribution in [1.29, 1.82) is 0 Å². The Kier molecular flexibility index (Phi) is 6.33. The molecule has 0 spiro atoms. The van der Waals surface area contributed by atoms with Gasteiger partial charge in [0.1, 0.15) is 0 Å². The number of nitrogens with one attached hydrogen (secondary N) is 2. The molecule has 1 aliphatic heterocycles. The lowest BCUT2D eigenvalue weighted by molar-refractivity contribution is -0.121. The third-order valence-corrected chi connectivity index (χ3v) is 4.83. The van der Waals surface area contributed by atoms with Crippen LogP contribution in [-0.2, 0) is 9.53 Å². The van der Waals surface area contributed by atoms with Crippen LogP contribution < -0.4 is 15.5 Å². The molecule has 1 fully saturated rings. The number of hydrogen-bond acceptors (Lipinski definition) is 4. The van der Waals surface area contributed by atoms with Crippen LogP contribution in [0.3, 0.4) is 0 Å². The van der Waals surface area contributed by atoms with Crippen LogP contribution in [0.25, 0.3) is 0 Å². The van der Waals surface area contributed by atoms with Gasteiger partial charge in [-0.3, -0.25) is 9.69 Å². The molecule has 2 aromatic rings. The molecule has 0 saturated carbocycles. The lowest BCUT2D eigenvalue weighted by Gasteiger charge is -2.29. The summed E-state index contributed by atoms with van der Waals surface area (Å²) in [6, 6.07) is 15.8. The van der Waals surface area contributed by atoms with Gasteiger partial charge in [-0.05, 0) is 29.8 Å². The van der Waals surface area contributed by atoms with Crippen molar-refractivity contribution >= 4 is 29.4 Å². The smallest absolute Gasteiger partial charge is 0.413 e. The molecule has 1 saturated heterocycles. The van der Waals surface area contributed by atoms with Crippen LogP contribution in [0.5, 0.6) is 0 Å². The van der Waals surface area contributed by atoms with E-state index in [-0.39, 0.29) is 24.4 Å². The molecule has 8 nitrogen and oxygen atoms in total. The molecular weight excluding hydrogens is 372 g/mol. The van der Waals surface area contributed by atoms with Crippen molar-refractivity contribution in [2.75, 3.05) is 37.5 Å². The van der Waals surface area contributed by atoms with Gasteiger partial charge in [0.15, 0.2) is 0 Å². The molecule has 2 N–H and O–H groups in total. The minimum absolute atomic E-state index is 0.0793. The fraction of sp³-hybridized carbons (Fsp3) is 0.286. The third kappa shape index (κ3) is 4.84. The Labute approximate surface area is 169 Å². The molecule has 0 aromatic heterocycles. The lowest BCUT2D eigenvalue weighted by Crippen LogP contribution is -2.39. The summed E-state index contributed by atoms with van der Waals surface area (Å²) in [5.74, 6) is -0.0793. The SMILES string of the molecule is COC(=O)N(C)c1ccc(NC(=O)N2CCNC(=O)C[C@H]2c2ccccc2)cc1. The zero-order valence-corrected chi connectivity index (χ0v) is 16.4. The van der Waals surface area contributed by atoms with Crippen molar-refractivity contribution < 1.29 is 19.1 Å². The van der Waals surface area contributed by atoms with Gasteiger partial charge in [-0.25, -0.2) is 9.59 Å². The normalized spacial score (nSPS) is 16.4. The highest BCUT2D eigenvalue weighted by Crippen LogP contribution is 2.27. The van der Waals surface area contributed by atoms with Gasteiger partial charge < -0.3 is 20.3 Å². The Morgan fingerprint density at radius 3 is 2.48 bits per heavy atom.